The Balaban J connectivity index is 1.74. The number of hydrogen-bond acceptors (Lipinski definition) is 5. The third-order valence-electron chi connectivity index (χ3n) is 10.6. The van der Waals surface area contributed by atoms with Crippen LogP contribution in [0.3, 0.4) is 0 Å². The molecule has 0 radical (unpaired) electrons. The van der Waals surface area contributed by atoms with E-state index < -0.39 is 17.4 Å². The van der Waals surface area contributed by atoms with Crippen LogP contribution in [-0.2, 0) is 14.3 Å². The first-order chi connectivity index (χ1) is 19.8. The summed E-state index contributed by atoms with van der Waals surface area (Å²) in [6.07, 6.45) is 4.05. The number of methoxy groups -OCH3 is 1. The lowest BCUT2D eigenvalue weighted by Gasteiger charge is -2.44. The van der Waals surface area contributed by atoms with Crippen LogP contribution in [0.2, 0.25) is 5.02 Å². The summed E-state index contributed by atoms with van der Waals surface area (Å²) in [5, 5.41) is 0.654. The van der Waals surface area contributed by atoms with Gasteiger partial charge in [0.2, 0.25) is 5.91 Å². The highest BCUT2D eigenvalue weighted by Gasteiger charge is 2.63. The fourth-order valence-corrected chi connectivity index (χ4v) is 7.93. The molecule has 2 saturated heterocycles. The van der Waals surface area contributed by atoms with Gasteiger partial charge in [-0.25, -0.2) is 4.79 Å². The molecule has 240 valence electrons. The predicted molar refractivity (Wildman–Crippen MR) is 172 cm³/mol. The summed E-state index contributed by atoms with van der Waals surface area (Å²) in [6, 6.07) is 7.34. The first-order valence-electron chi connectivity index (χ1n) is 16.2. The normalized spacial score (nSPS) is 30.3. The van der Waals surface area contributed by atoms with Crippen LogP contribution in [0, 0.1) is 16.7 Å². The Labute approximate surface area is 264 Å². The zero-order valence-corrected chi connectivity index (χ0v) is 29.0. The number of carbonyl (C=O) groups excluding carboxylic acids is 3. The second kappa shape index (κ2) is 12.1. The summed E-state index contributed by atoms with van der Waals surface area (Å²) in [5.41, 5.74) is 0.604. The molecule has 0 N–H and O–H groups in total. The molecule has 1 saturated carbocycles. The van der Waals surface area contributed by atoms with E-state index in [0.717, 1.165) is 31.2 Å². The summed E-state index contributed by atoms with van der Waals surface area (Å²) >= 11 is 6.23. The average molecular weight is 617 g/mol. The molecular weight excluding hydrogens is 562 g/mol. The molecule has 43 heavy (non-hydrogen) atoms. The molecule has 2 aliphatic heterocycles. The standard InChI is InChI=1S/C35H55ClN3O4/c1-23-19-27(38(31(41)33(2,3)4)26-15-17-35(8,9)18-16-26)22-39(23,32(42)43-10)30(40)29-21-37(34(5,6)7)20-28(29)24-11-13-25(36)14-12-24/h11-14,23,26-29H,15-22H2,1-10H3/q+1/t23-,27+,28+,29-,39?/m1/s1. The Kier molecular flexibility index (Phi) is 9.54. The van der Waals surface area contributed by atoms with Crippen molar-refractivity contribution in [2.45, 2.75) is 124 Å². The number of hydrogen-bond donors (Lipinski definition) is 0. The Morgan fingerprint density at radius 1 is 0.977 bits per heavy atom. The van der Waals surface area contributed by atoms with Crippen molar-refractivity contribution in [2.24, 2.45) is 16.7 Å². The van der Waals surface area contributed by atoms with Crippen LogP contribution in [0.1, 0.15) is 106 Å². The van der Waals surface area contributed by atoms with Gasteiger partial charge in [-0.3, -0.25) is 9.69 Å². The topological polar surface area (TPSA) is 66.9 Å². The zero-order chi connectivity index (χ0) is 32.1. The van der Waals surface area contributed by atoms with Crippen LogP contribution in [0.15, 0.2) is 24.3 Å². The van der Waals surface area contributed by atoms with E-state index in [1.54, 1.807) is 0 Å². The van der Waals surface area contributed by atoms with Crippen molar-refractivity contribution in [1.82, 2.24) is 9.80 Å². The van der Waals surface area contributed by atoms with Gasteiger partial charge in [0, 0.05) is 47.4 Å². The lowest BCUT2D eigenvalue weighted by Crippen LogP contribution is -2.63. The molecule has 5 atom stereocenters. The second-order valence-corrected chi connectivity index (χ2v) is 16.7. The Bertz CT molecular complexity index is 1190. The first-order valence-corrected chi connectivity index (χ1v) is 16.5. The quantitative estimate of drug-likeness (QED) is 0.333. The van der Waals surface area contributed by atoms with E-state index in [1.165, 1.54) is 7.11 Å². The van der Waals surface area contributed by atoms with Gasteiger partial charge >= 0.3 is 12.0 Å². The molecule has 1 unspecified atom stereocenters. The largest absolute Gasteiger partial charge is 0.523 e. The van der Waals surface area contributed by atoms with Gasteiger partial charge in [0.15, 0.2) is 0 Å². The molecule has 3 fully saturated rings. The average Bonchev–Trinajstić information content (AvgIpc) is 3.51. The van der Waals surface area contributed by atoms with Crippen LogP contribution in [0.25, 0.3) is 0 Å². The number of benzene rings is 1. The third kappa shape index (κ3) is 6.69. The van der Waals surface area contributed by atoms with Crippen LogP contribution < -0.4 is 0 Å². The van der Waals surface area contributed by atoms with Crippen molar-refractivity contribution in [3.63, 3.8) is 0 Å². The number of quaternary nitrogens is 1. The SMILES string of the molecule is COC(=O)[N+]1(C(=O)[C@@H]2CN(C(C)(C)C)C[C@H]2c2ccc(Cl)cc2)C[C@@H](N(C(=O)C(C)(C)C)C2CCC(C)(C)CC2)C[C@H]1C. The van der Waals surface area contributed by atoms with Gasteiger partial charge in [0.25, 0.3) is 0 Å². The molecular formula is C35H55ClN3O4+. The van der Waals surface area contributed by atoms with Crippen LogP contribution in [0.5, 0.6) is 0 Å². The van der Waals surface area contributed by atoms with Crippen molar-refractivity contribution in [3.05, 3.63) is 34.9 Å². The molecule has 3 amide bonds. The molecule has 0 bridgehead atoms. The summed E-state index contributed by atoms with van der Waals surface area (Å²) in [6.45, 7) is 20.5. The van der Waals surface area contributed by atoms with Crippen molar-refractivity contribution >= 4 is 29.5 Å². The molecule has 1 aromatic rings. The summed E-state index contributed by atoms with van der Waals surface area (Å²) < 4.78 is 5.07. The minimum absolute atomic E-state index is 0.0808. The Morgan fingerprint density at radius 3 is 2.07 bits per heavy atom. The summed E-state index contributed by atoms with van der Waals surface area (Å²) in [4.78, 5) is 47.5. The van der Waals surface area contributed by atoms with E-state index >= 15 is 4.79 Å². The highest BCUT2D eigenvalue weighted by molar-refractivity contribution is 6.30. The molecule has 2 heterocycles. The number of carbonyl (C=O) groups is 3. The molecule has 0 aromatic heterocycles. The summed E-state index contributed by atoms with van der Waals surface area (Å²) in [7, 11) is 1.38. The van der Waals surface area contributed by atoms with Crippen LogP contribution >= 0.6 is 11.6 Å². The first kappa shape index (κ1) is 33.9. The van der Waals surface area contributed by atoms with Gasteiger partial charge in [-0.05, 0) is 76.5 Å². The monoisotopic (exact) mass is 616 g/mol. The number of ether oxygens (including phenoxy) is 1. The van der Waals surface area contributed by atoms with E-state index in [2.05, 4.69) is 44.4 Å². The highest BCUT2D eigenvalue weighted by Crippen LogP contribution is 2.45. The van der Waals surface area contributed by atoms with E-state index in [0.29, 0.717) is 24.5 Å². The molecule has 7 nitrogen and oxygen atoms in total. The van der Waals surface area contributed by atoms with Gasteiger partial charge in [0.05, 0.1) is 19.1 Å². The van der Waals surface area contributed by atoms with E-state index in [4.69, 9.17) is 16.3 Å². The maximum absolute atomic E-state index is 15.0. The van der Waals surface area contributed by atoms with Crippen LogP contribution in [0.4, 0.5) is 4.79 Å². The van der Waals surface area contributed by atoms with Crippen molar-refractivity contribution in [1.29, 1.82) is 0 Å². The Morgan fingerprint density at radius 2 is 1.56 bits per heavy atom. The van der Waals surface area contributed by atoms with Gasteiger partial charge in [-0.2, -0.15) is 9.28 Å². The fourth-order valence-electron chi connectivity index (χ4n) is 7.80. The smallest absolute Gasteiger partial charge is 0.423 e. The van der Waals surface area contributed by atoms with Crippen molar-refractivity contribution < 1.29 is 23.6 Å². The predicted octanol–water partition coefficient (Wildman–Crippen LogP) is 7.27. The maximum Gasteiger partial charge on any atom is 0.523 e. The number of halogens is 1. The molecule has 0 spiro atoms. The number of amides is 3. The molecule has 1 aliphatic carbocycles. The minimum atomic E-state index is -0.567. The van der Waals surface area contributed by atoms with E-state index in [1.807, 2.05) is 52.0 Å². The lowest BCUT2D eigenvalue weighted by molar-refractivity contribution is -0.795. The highest BCUT2D eigenvalue weighted by atomic mass is 35.5. The van der Waals surface area contributed by atoms with Crippen molar-refractivity contribution in [3.8, 4) is 0 Å². The van der Waals surface area contributed by atoms with E-state index in [-0.39, 0.29) is 57.8 Å². The summed E-state index contributed by atoms with van der Waals surface area (Å²) in [5.74, 6) is -0.474. The van der Waals surface area contributed by atoms with Gasteiger partial charge in [-0.15, -0.1) is 0 Å². The Hall–Kier alpha value is -1.96. The molecule has 1 aromatic carbocycles. The number of nitrogens with zero attached hydrogens (tertiary/aromatic N) is 3. The van der Waals surface area contributed by atoms with Gasteiger partial charge < -0.3 is 9.64 Å². The fraction of sp³-hybridized carbons (Fsp3) is 0.743. The number of imide groups is 1. The lowest BCUT2D eigenvalue weighted by atomic mass is 9.74. The molecule has 4 rings (SSSR count). The third-order valence-corrected chi connectivity index (χ3v) is 10.9. The maximum atomic E-state index is 15.0. The van der Waals surface area contributed by atoms with Gasteiger partial charge in [-0.1, -0.05) is 58.4 Å². The van der Waals surface area contributed by atoms with Gasteiger partial charge in [0.1, 0.15) is 12.6 Å². The zero-order valence-electron chi connectivity index (χ0n) is 28.2. The van der Waals surface area contributed by atoms with Crippen molar-refractivity contribution in [2.75, 3.05) is 26.7 Å². The second-order valence-electron chi connectivity index (χ2n) is 16.3. The van der Waals surface area contributed by atoms with E-state index in [9.17, 15) is 9.59 Å². The number of rotatable bonds is 4. The molecule has 3 aliphatic rings. The molecule has 8 heteroatoms. The van der Waals surface area contributed by atoms with Crippen LogP contribution in [-0.4, -0.2) is 82.6 Å². The number of likely N-dealkylation sites (tertiary alicyclic amines) is 2. The minimum Gasteiger partial charge on any atom is -0.423 e.